The average molecular weight is 120 g/mol. The molecule has 0 saturated heterocycles. The number of allylic oxidation sites excluding steroid dienone is 3. The maximum Gasteiger partial charge on any atom is 0.0944 e. The van der Waals surface area contributed by atoms with E-state index in [1.807, 2.05) is 6.07 Å². The summed E-state index contributed by atoms with van der Waals surface area (Å²) in [6.45, 7) is 5.02. The zero-order valence-electron chi connectivity index (χ0n) is 5.31. The normalized spacial score (nSPS) is 10.0. The number of nitriles is 1. The van der Waals surface area contributed by atoms with Gasteiger partial charge in [0.2, 0.25) is 0 Å². The molecule has 1 N–H and O–H groups in total. The molecule has 0 saturated carbocycles. The van der Waals surface area contributed by atoms with Gasteiger partial charge in [-0.2, -0.15) is 5.26 Å². The summed E-state index contributed by atoms with van der Waals surface area (Å²) in [5.74, 6) is 0. The zero-order chi connectivity index (χ0) is 7.28. The molecule has 0 aliphatic rings. The standard InChI is InChI=1S/C7H8N2/c1-3-7(9)4-6(2)5-8/h3-4,9H,1H2,2H3/b6-4+,9-7?. The Morgan fingerprint density at radius 3 is 2.67 bits per heavy atom. The van der Waals surface area contributed by atoms with Crippen molar-refractivity contribution in [3.63, 3.8) is 0 Å². The molecule has 0 aliphatic carbocycles. The van der Waals surface area contributed by atoms with Crippen LogP contribution in [0.25, 0.3) is 0 Å². The van der Waals surface area contributed by atoms with Crippen molar-refractivity contribution in [2.75, 3.05) is 0 Å². The van der Waals surface area contributed by atoms with E-state index in [4.69, 9.17) is 10.7 Å². The van der Waals surface area contributed by atoms with Crippen LogP contribution in [0.15, 0.2) is 24.3 Å². The highest BCUT2D eigenvalue weighted by Gasteiger charge is 1.84. The van der Waals surface area contributed by atoms with Gasteiger partial charge >= 0.3 is 0 Å². The van der Waals surface area contributed by atoms with E-state index in [1.165, 1.54) is 12.2 Å². The van der Waals surface area contributed by atoms with Crippen LogP contribution < -0.4 is 0 Å². The Morgan fingerprint density at radius 1 is 1.78 bits per heavy atom. The van der Waals surface area contributed by atoms with E-state index in [0.717, 1.165) is 0 Å². The van der Waals surface area contributed by atoms with E-state index in [1.54, 1.807) is 6.92 Å². The predicted molar refractivity (Wildman–Crippen MR) is 37.3 cm³/mol. The smallest absolute Gasteiger partial charge is 0.0944 e. The summed E-state index contributed by atoms with van der Waals surface area (Å²) in [7, 11) is 0. The van der Waals surface area contributed by atoms with E-state index >= 15 is 0 Å². The van der Waals surface area contributed by atoms with E-state index in [0.29, 0.717) is 5.57 Å². The van der Waals surface area contributed by atoms with Crippen molar-refractivity contribution in [3.8, 4) is 6.07 Å². The second-order valence-electron chi connectivity index (χ2n) is 1.60. The van der Waals surface area contributed by atoms with Crippen molar-refractivity contribution in [3.05, 3.63) is 24.3 Å². The first kappa shape index (κ1) is 7.64. The quantitative estimate of drug-likeness (QED) is 0.437. The summed E-state index contributed by atoms with van der Waals surface area (Å²) in [5, 5.41) is 15.3. The van der Waals surface area contributed by atoms with Gasteiger partial charge in [-0.3, -0.25) is 0 Å². The molecule has 0 aliphatic heterocycles. The molecule has 2 heteroatoms. The molecule has 0 atom stereocenters. The highest BCUT2D eigenvalue weighted by molar-refractivity contribution is 6.01. The summed E-state index contributed by atoms with van der Waals surface area (Å²) in [4.78, 5) is 0. The molecule has 0 spiro atoms. The number of nitrogens with one attached hydrogen (secondary N) is 1. The molecule has 0 aromatic rings. The fourth-order valence-corrected chi connectivity index (χ4v) is 0.324. The van der Waals surface area contributed by atoms with Crippen molar-refractivity contribution in [1.82, 2.24) is 0 Å². The minimum atomic E-state index is 0.272. The van der Waals surface area contributed by atoms with Crippen molar-refractivity contribution < 1.29 is 0 Å². The van der Waals surface area contributed by atoms with Gasteiger partial charge in [-0.25, -0.2) is 0 Å². The zero-order valence-corrected chi connectivity index (χ0v) is 5.31. The summed E-state index contributed by atoms with van der Waals surface area (Å²) in [6.07, 6.45) is 2.86. The highest BCUT2D eigenvalue weighted by Crippen LogP contribution is 1.89. The molecule has 2 nitrogen and oxygen atoms in total. The van der Waals surface area contributed by atoms with Gasteiger partial charge in [0.15, 0.2) is 0 Å². The number of hydrogen-bond acceptors (Lipinski definition) is 2. The number of hydrogen-bond donors (Lipinski definition) is 1. The largest absolute Gasteiger partial charge is 0.301 e. The van der Waals surface area contributed by atoms with Crippen LogP contribution in [0.4, 0.5) is 0 Å². The molecule has 0 rings (SSSR count). The fourth-order valence-electron chi connectivity index (χ4n) is 0.324. The first-order chi connectivity index (χ1) is 4.20. The fraction of sp³-hybridized carbons (Fsp3) is 0.143. The Kier molecular flexibility index (Phi) is 3.07. The highest BCUT2D eigenvalue weighted by atomic mass is 14.4. The molecule has 0 fully saturated rings. The van der Waals surface area contributed by atoms with E-state index in [9.17, 15) is 0 Å². The third-order valence-electron chi connectivity index (χ3n) is 0.768. The first-order valence-electron chi connectivity index (χ1n) is 2.50. The minimum absolute atomic E-state index is 0.272. The van der Waals surface area contributed by atoms with Crippen LogP contribution in [0.2, 0.25) is 0 Å². The SMILES string of the molecule is C=CC(=N)/C=C(\C)C#N. The lowest BCUT2D eigenvalue weighted by molar-refractivity contribution is 1.44. The van der Waals surface area contributed by atoms with Crippen molar-refractivity contribution in [1.29, 1.82) is 10.7 Å². The Balaban J connectivity index is 4.16. The van der Waals surface area contributed by atoms with Gasteiger partial charge in [-0.15, -0.1) is 0 Å². The third kappa shape index (κ3) is 3.24. The number of rotatable bonds is 2. The van der Waals surface area contributed by atoms with Gasteiger partial charge in [0, 0.05) is 5.57 Å². The van der Waals surface area contributed by atoms with Gasteiger partial charge < -0.3 is 5.41 Å². The minimum Gasteiger partial charge on any atom is -0.301 e. The van der Waals surface area contributed by atoms with E-state index in [-0.39, 0.29) is 5.71 Å². The monoisotopic (exact) mass is 120 g/mol. The van der Waals surface area contributed by atoms with Crippen LogP contribution in [0.1, 0.15) is 6.92 Å². The molecule has 0 heterocycles. The summed E-state index contributed by atoms with van der Waals surface area (Å²) >= 11 is 0. The van der Waals surface area contributed by atoms with Crippen LogP contribution in [-0.4, -0.2) is 5.71 Å². The molecule has 0 bridgehead atoms. The van der Waals surface area contributed by atoms with E-state index < -0.39 is 0 Å². The molecule has 0 unspecified atom stereocenters. The molecular weight excluding hydrogens is 112 g/mol. The van der Waals surface area contributed by atoms with Crippen molar-refractivity contribution in [2.45, 2.75) is 6.92 Å². The Bertz CT molecular complexity index is 193. The lowest BCUT2D eigenvalue weighted by atomic mass is 10.2. The summed E-state index contributed by atoms with van der Waals surface area (Å²) in [5.41, 5.74) is 0.800. The summed E-state index contributed by atoms with van der Waals surface area (Å²) < 4.78 is 0. The molecule has 9 heavy (non-hydrogen) atoms. The first-order valence-corrected chi connectivity index (χ1v) is 2.50. The Hall–Kier alpha value is -1.36. The van der Waals surface area contributed by atoms with Crippen LogP contribution in [0.5, 0.6) is 0 Å². The van der Waals surface area contributed by atoms with Gasteiger partial charge in [0.1, 0.15) is 0 Å². The van der Waals surface area contributed by atoms with Gasteiger partial charge in [0.25, 0.3) is 0 Å². The van der Waals surface area contributed by atoms with Gasteiger partial charge in [-0.05, 0) is 19.1 Å². The molecule has 0 aromatic carbocycles. The summed E-state index contributed by atoms with van der Waals surface area (Å²) in [6, 6.07) is 1.90. The second-order valence-corrected chi connectivity index (χ2v) is 1.60. The second kappa shape index (κ2) is 3.62. The maximum absolute atomic E-state index is 8.23. The van der Waals surface area contributed by atoms with E-state index in [2.05, 4.69) is 6.58 Å². The molecule has 46 valence electrons. The maximum atomic E-state index is 8.23. The van der Waals surface area contributed by atoms with Gasteiger partial charge in [-0.1, -0.05) is 6.58 Å². The Morgan fingerprint density at radius 2 is 2.33 bits per heavy atom. The number of nitrogens with zero attached hydrogens (tertiary/aromatic N) is 1. The van der Waals surface area contributed by atoms with Crippen LogP contribution >= 0.6 is 0 Å². The van der Waals surface area contributed by atoms with Gasteiger partial charge in [0.05, 0.1) is 11.8 Å². The topological polar surface area (TPSA) is 47.6 Å². The van der Waals surface area contributed by atoms with Crippen molar-refractivity contribution >= 4 is 5.71 Å². The molecule has 0 radical (unpaired) electrons. The third-order valence-corrected chi connectivity index (χ3v) is 0.768. The molecule has 0 amide bonds. The lowest BCUT2D eigenvalue weighted by Crippen LogP contribution is -1.83. The van der Waals surface area contributed by atoms with Crippen LogP contribution in [0, 0.1) is 16.7 Å². The molecular formula is C7H8N2. The van der Waals surface area contributed by atoms with Crippen LogP contribution in [-0.2, 0) is 0 Å². The Labute approximate surface area is 54.6 Å². The lowest BCUT2D eigenvalue weighted by Gasteiger charge is -1.83. The molecule has 0 aromatic heterocycles. The average Bonchev–Trinajstić information content (AvgIpc) is 1.87. The predicted octanol–water partition coefficient (Wildman–Crippen LogP) is 1.66. The van der Waals surface area contributed by atoms with Crippen molar-refractivity contribution in [2.24, 2.45) is 0 Å². The van der Waals surface area contributed by atoms with Crippen LogP contribution in [0.3, 0.4) is 0 Å².